The molecule has 130 valence electrons. The van der Waals surface area contributed by atoms with Crippen LogP contribution in [-0.4, -0.2) is 29.4 Å². The Bertz CT molecular complexity index is 477. The Kier molecular flexibility index (Phi) is 4.78. The second-order valence-corrected chi connectivity index (χ2v) is 10.3. The van der Waals surface area contributed by atoms with Gasteiger partial charge in [-0.1, -0.05) is 29.8 Å². The average molecular weight is 386 g/mol. The summed E-state index contributed by atoms with van der Waals surface area (Å²) in [7, 11) is 0. The molecule has 4 fully saturated rings. The Morgan fingerprint density at radius 3 is 2.43 bits per heavy atom. The molecule has 2 unspecified atom stereocenters. The molecular weight excluding hydrogens is 358 g/mol. The van der Waals surface area contributed by atoms with E-state index in [4.69, 9.17) is 4.74 Å². The number of carbonyl (C=O) groups excluding carboxylic acids is 2. The quantitative estimate of drug-likeness (QED) is 0.562. The molecule has 23 heavy (non-hydrogen) atoms. The van der Waals surface area contributed by atoms with Gasteiger partial charge in [0.2, 0.25) is 0 Å². The summed E-state index contributed by atoms with van der Waals surface area (Å²) < 4.78 is 5.50. The third-order valence-corrected chi connectivity index (χ3v) is 6.63. The summed E-state index contributed by atoms with van der Waals surface area (Å²) in [6, 6.07) is 0. The Labute approximate surface area is 147 Å². The third-order valence-electron chi connectivity index (χ3n) is 5.70. The summed E-state index contributed by atoms with van der Waals surface area (Å²) in [5.74, 6) is 1.52. The second kappa shape index (κ2) is 6.38. The molecule has 0 saturated heterocycles. The lowest BCUT2D eigenvalue weighted by Gasteiger charge is -2.60. The lowest BCUT2D eigenvalue weighted by molar-refractivity contribution is -0.154. The normalized spacial score (nSPS) is 37.9. The number of alkyl halides is 1. The number of hydrogen-bond acceptors (Lipinski definition) is 3. The van der Waals surface area contributed by atoms with Crippen LogP contribution in [0.5, 0.6) is 0 Å². The van der Waals surface area contributed by atoms with Gasteiger partial charge in [0, 0.05) is 10.9 Å². The molecule has 0 spiro atoms. The van der Waals surface area contributed by atoms with Crippen molar-refractivity contribution in [2.45, 2.75) is 63.1 Å². The van der Waals surface area contributed by atoms with E-state index in [1.807, 2.05) is 13.8 Å². The lowest BCUT2D eigenvalue weighted by Crippen LogP contribution is -2.53. The van der Waals surface area contributed by atoms with E-state index in [2.05, 4.69) is 21.2 Å². The number of amides is 1. The average Bonchev–Trinajstić information content (AvgIpc) is 2.39. The number of nitrogens with one attached hydrogen (secondary N) is 1. The van der Waals surface area contributed by atoms with Crippen LogP contribution in [0.1, 0.15) is 58.8 Å². The maximum atomic E-state index is 12.3. The molecule has 0 aliphatic heterocycles. The van der Waals surface area contributed by atoms with Crippen molar-refractivity contribution in [2.24, 2.45) is 23.2 Å². The molecule has 4 nitrogen and oxygen atoms in total. The van der Waals surface area contributed by atoms with Crippen LogP contribution >= 0.6 is 15.9 Å². The summed E-state index contributed by atoms with van der Waals surface area (Å²) in [5, 5.41) is 2.78. The highest BCUT2D eigenvalue weighted by atomic mass is 79.9. The van der Waals surface area contributed by atoms with Gasteiger partial charge in [0.15, 0.2) is 6.61 Å². The maximum Gasteiger partial charge on any atom is 0.306 e. The molecule has 0 aromatic rings. The Morgan fingerprint density at radius 1 is 1.22 bits per heavy atom. The molecule has 5 heteroatoms. The van der Waals surface area contributed by atoms with Gasteiger partial charge in [0.05, 0.1) is 6.42 Å². The van der Waals surface area contributed by atoms with Crippen LogP contribution in [0.3, 0.4) is 0 Å². The molecule has 4 rings (SSSR count). The van der Waals surface area contributed by atoms with Crippen molar-refractivity contribution in [2.75, 3.05) is 13.2 Å². The van der Waals surface area contributed by atoms with Gasteiger partial charge in [0.1, 0.15) is 0 Å². The van der Waals surface area contributed by atoms with Crippen molar-refractivity contribution in [3.05, 3.63) is 0 Å². The summed E-state index contributed by atoms with van der Waals surface area (Å²) >= 11 is 3.96. The van der Waals surface area contributed by atoms with Gasteiger partial charge in [0.25, 0.3) is 5.91 Å². The molecule has 4 aliphatic carbocycles. The monoisotopic (exact) mass is 385 g/mol. The van der Waals surface area contributed by atoms with Crippen LogP contribution in [0.15, 0.2) is 0 Å². The predicted molar refractivity (Wildman–Crippen MR) is 92.2 cm³/mol. The Balaban J connectivity index is 1.49. The maximum absolute atomic E-state index is 12.3. The molecule has 0 aromatic heterocycles. The Morgan fingerprint density at radius 2 is 1.87 bits per heavy atom. The fraction of sp³-hybridized carbons (Fsp3) is 0.889. The van der Waals surface area contributed by atoms with Crippen molar-refractivity contribution < 1.29 is 14.3 Å². The van der Waals surface area contributed by atoms with Gasteiger partial charge in [-0.3, -0.25) is 9.59 Å². The molecule has 4 aliphatic rings. The standard InChI is InChI=1S/C18H28BrNO3/c1-12(2)9-20-15(21)10-23-16(22)8-17-4-13-3-14(5-17)7-18(19,6-13)11-17/h12-14H,3-11H2,1-2H3,(H,20,21)/t13-,14+,17?,18?. The Hall–Kier alpha value is -0.580. The van der Waals surface area contributed by atoms with Gasteiger partial charge in [-0.15, -0.1) is 0 Å². The van der Waals surface area contributed by atoms with Gasteiger partial charge in [-0.2, -0.15) is 0 Å². The number of carbonyl (C=O) groups is 2. The molecule has 4 atom stereocenters. The first-order valence-electron chi connectivity index (χ1n) is 8.89. The van der Waals surface area contributed by atoms with E-state index in [1.165, 1.54) is 19.3 Å². The van der Waals surface area contributed by atoms with E-state index >= 15 is 0 Å². The highest BCUT2D eigenvalue weighted by Crippen LogP contribution is 2.65. The minimum Gasteiger partial charge on any atom is -0.456 e. The van der Waals surface area contributed by atoms with Crippen LogP contribution in [0.2, 0.25) is 0 Å². The zero-order valence-corrected chi connectivity index (χ0v) is 15.8. The van der Waals surface area contributed by atoms with Crippen LogP contribution in [0, 0.1) is 23.2 Å². The molecule has 4 saturated carbocycles. The van der Waals surface area contributed by atoms with Gasteiger partial charge < -0.3 is 10.1 Å². The predicted octanol–water partition coefficient (Wildman–Crippen LogP) is 3.43. The summed E-state index contributed by atoms with van der Waals surface area (Å²) in [6.07, 6.45) is 7.74. The summed E-state index contributed by atoms with van der Waals surface area (Å²) in [5.41, 5.74) is 0.110. The van der Waals surface area contributed by atoms with Crippen molar-refractivity contribution in [3.8, 4) is 0 Å². The fourth-order valence-corrected chi connectivity index (χ4v) is 6.93. The molecule has 0 radical (unpaired) electrons. The van der Waals surface area contributed by atoms with Crippen molar-refractivity contribution in [1.29, 1.82) is 0 Å². The highest BCUT2D eigenvalue weighted by molar-refractivity contribution is 9.10. The van der Waals surface area contributed by atoms with E-state index < -0.39 is 0 Å². The van der Waals surface area contributed by atoms with Crippen LogP contribution < -0.4 is 5.32 Å². The molecular formula is C18H28BrNO3. The van der Waals surface area contributed by atoms with E-state index in [-0.39, 0.29) is 28.2 Å². The molecule has 0 aromatic carbocycles. The lowest BCUT2D eigenvalue weighted by atomic mass is 9.49. The van der Waals surface area contributed by atoms with Crippen molar-refractivity contribution in [3.63, 3.8) is 0 Å². The molecule has 1 amide bonds. The van der Waals surface area contributed by atoms with Crippen molar-refractivity contribution in [1.82, 2.24) is 5.32 Å². The molecule has 0 heterocycles. The highest BCUT2D eigenvalue weighted by Gasteiger charge is 2.57. The van der Waals surface area contributed by atoms with Gasteiger partial charge in [-0.25, -0.2) is 0 Å². The van der Waals surface area contributed by atoms with E-state index in [0.717, 1.165) is 31.1 Å². The van der Waals surface area contributed by atoms with E-state index in [1.54, 1.807) is 0 Å². The summed E-state index contributed by atoms with van der Waals surface area (Å²) in [4.78, 5) is 23.9. The summed E-state index contributed by atoms with van der Waals surface area (Å²) in [6.45, 7) is 4.55. The first-order chi connectivity index (χ1) is 10.8. The first-order valence-corrected chi connectivity index (χ1v) is 9.68. The van der Waals surface area contributed by atoms with Crippen LogP contribution in [0.4, 0.5) is 0 Å². The first kappa shape index (κ1) is 17.2. The number of ether oxygens (including phenoxy) is 1. The largest absolute Gasteiger partial charge is 0.456 e. The topological polar surface area (TPSA) is 55.4 Å². The number of hydrogen-bond donors (Lipinski definition) is 1. The zero-order valence-electron chi connectivity index (χ0n) is 14.2. The van der Waals surface area contributed by atoms with Crippen LogP contribution in [0.25, 0.3) is 0 Å². The second-order valence-electron chi connectivity index (χ2n) is 8.65. The van der Waals surface area contributed by atoms with Gasteiger partial charge in [-0.05, 0) is 61.7 Å². The minimum atomic E-state index is -0.206. The fourth-order valence-electron chi connectivity index (χ4n) is 5.42. The van der Waals surface area contributed by atoms with Crippen LogP contribution in [-0.2, 0) is 14.3 Å². The number of esters is 1. The third kappa shape index (κ3) is 4.09. The van der Waals surface area contributed by atoms with E-state index in [9.17, 15) is 9.59 Å². The number of halogens is 1. The van der Waals surface area contributed by atoms with E-state index in [0.29, 0.717) is 18.9 Å². The smallest absolute Gasteiger partial charge is 0.306 e. The van der Waals surface area contributed by atoms with Crippen molar-refractivity contribution >= 4 is 27.8 Å². The number of rotatable bonds is 6. The minimum absolute atomic E-state index is 0.110. The molecule has 4 bridgehead atoms. The van der Waals surface area contributed by atoms with Gasteiger partial charge >= 0.3 is 5.97 Å². The SMILES string of the molecule is CC(C)CNC(=O)COC(=O)CC12C[C@@H]3C[C@@H](CC(Br)(C3)C1)C2. The zero-order chi connectivity index (χ0) is 16.7. The molecule has 1 N–H and O–H groups in total.